The van der Waals surface area contributed by atoms with Crippen molar-refractivity contribution in [2.75, 3.05) is 0 Å². The Balaban J connectivity index is 2.32. The molecule has 3 nitrogen and oxygen atoms in total. The van der Waals surface area contributed by atoms with Crippen molar-refractivity contribution < 1.29 is 0 Å². The molecule has 2 aromatic heterocycles. The number of fused-ring (bicyclic) bond motifs is 1. The van der Waals surface area contributed by atoms with Crippen LogP contribution >= 0.6 is 20.8 Å². The SMILES string of the molecule is Pc1nc(Cl)c2[nH]cc(-c3ccccc3)c2n1. The van der Waals surface area contributed by atoms with Crippen molar-refractivity contribution >= 4 is 37.4 Å². The Morgan fingerprint density at radius 2 is 1.88 bits per heavy atom. The zero-order valence-electron chi connectivity index (χ0n) is 8.81. The molecule has 84 valence electrons. The Kier molecular flexibility index (Phi) is 2.58. The molecule has 0 saturated heterocycles. The van der Waals surface area contributed by atoms with E-state index in [0.717, 1.165) is 22.2 Å². The van der Waals surface area contributed by atoms with E-state index >= 15 is 0 Å². The third-order valence-electron chi connectivity index (χ3n) is 2.58. The molecule has 1 unspecified atom stereocenters. The molecule has 1 N–H and O–H groups in total. The Morgan fingerprint density at radius 3 is 2.65 bits per heavy atom. The highest BCUT2D eigenvalue weighted by Gasteiger charge is 2.11. The second-order valence-corrected chi connectivity index (χ2v) is 4.54. The van der Waals surface area contributed by atoms with Gasteiger partial charge in [-0.2, -0.15) is 0 Å². The number of aromatic amines is 1. The van der Waals surface area contributed by atoms with Crippen LogP contribution in [0.2, 0.25) is 5.15 Å². The van der Waals surface area contributed by atoms with Gasteiger partial charge in [0, 0.05) is 11.8 Å². The van der Waals surface area contributed by atoms with Gasteiger partial charge in [-0.1, -0.05) is 51.2 Å². The van der Waals surface area contributed by atoms with E-state index in [1.807, 2.05) is 36.5 Å². The molecule has 0 aliphatic rings. The lowest BCUT2D eigenvalue weighted by atomic mass is 10.1. The molecule has 0 aliphatic carbocycles. The van der Waals surface area contributed by atoms with E-state index in [9.17, 15) is 0 Å². The van der Waals surface area contributed by atoms with Gasteiger partial charge in [-0.3, -0.25) is 0 Å². The minimum Gasteiger partial charge on any atom is -0.357 e. The van der Waals surface area contributed by atoms with Gasteiger partial charge in [0.05, 0.1) is 0 Å². The molecule has 5 heteroatoms. The van der Waals surface area contributed by atoms with Crippen LogP contribution in [0.25, 0.3) is 22.2 Å². The molecule has 1 atom stereocenters. The first kappa shape index (κ1) is 10.7. The number of halogens is 1. The summed E-state index contributed by atoms with van der Waals surface area (Å²) < 4.78 is 0. The summed E-state index contributed by atoms with van der Waals surface area (Å²) in [5.41, 5.74) is 4.36. The van der Waals surface area contributed by atoms with Gasteiger partial charge in [0.1, 0.15) is 16.6 Å². The molecule has 3 aromatic rings. The number of rotatable bonds is 1. The van der Waals surface area contributed by atoms with Gasteiger partial charge in [-0.15, -0.1) is 0 Å². The van der Waals surface area contributed by atoms with Gasteiger partial charge in [-0.25, -0.2) is 9.97 Å². The standard InChI is InChI=1S/C12H9ClN3P/c13-11-10-9(15-12(17)16-11)8(6-14-10)7-4-2-1-3-5-7/h1-6,14H,17H2. The highest BCUT2D eigenvalue weighted by atomic mass is 35.5. The topological polar surface area (TPSA) is 41.6 Å². The third kappa shape index (κ3) is 1.82. The summed E-state index contributed by atoms with van der Waals surface area (Å²) in [7, 11) is 2.47. The molecule has 0 spiro atoms. The number of hydrogen-bond donors (Lipinski definition) is 1. The fraction of sp³-hybridized carbons (Fsp3) is 0. The van der Waals surface area contributed by atoms with Crippen molar-refractivity contribution in [1.29, 1.82) is 0 Å². The molecule has 17 heavy (non-hydrogen) atoms. The quantitative estimate of drug-likeness (QED) is 0.541. The van der Waals surface area contributed by atoms with Crippen molar-refractivity contribution in [3.8, 4) is 11.1 Å². The van der Waals surface area contributed by atoms with Crippen LogP contribution in [-0.4, -0.2) is 15.0 Å². The highest BCUT2D eigenvalue weighted by molar-refractivity contribution is 7.26. The summed E-state index contributed by atoms with van der Waals surface area (Å²) in [4.78, 5) is 11.6. The molecule has 0 aliphatic heterocycles. The van der Waals surface area contributed by atoms with E-state index in [-0.39, 0.29) is 0 Å². The van der Waals surface area contributed by atoms with Crippen LogP contribution in [0.3, 0.4) is 0 Å². The summed E-state index contributed by atoms with van der Waals surface area (Å²) in [6.45, 7) is 0. The third-order valence-corrected chi connectivity index (χ3v) is 3.11. The Hall–Kier alpha value is -1.44. The zero-order valence-corrected chi connectivity index (χ0v) is 10.7. The van der Waals surface area contributed by atoms with E-state index in [2.05, 4.69) is 24.2 Å². The van der Waals surface area contributed by atoms with Crippen molar-refractivity contribution in [2.45, 2.75) is 0 Å². The number of benzene rings is 1. The van der Waals surface area contributed by atoms with E-state index in [1.54, 1.807) is 0 Å². The van der Waals surface area contributed by atoms with Gasteiger partial charge in [0.2, 0.25) is 0 Å². The maximum atomic E-state index is 6.07. The monoisotopic (exact) mass is 261 g/mol. The van der Waals surface area contributed by atoms with E-state index in [4.69, 9.17) is 11.6 Å². The van der Waals surface area contributed by atoms with E-state index in [0.29, 0.717) is 10.7 Å². The summed E-state index contributed by atoms with van der Waals surface area (Å²) in [5, 5.41) is 0.446. The Labute approximate surface area is 105 Å². The molecule has 2 heterocycles. The summed E-state index contributed by atoms with van der Waals surface area (Å²) in [5.74, 6) is 0. The molecule has 0 radical (unpaired) electrons. The molecule has 0 amide bonds. The normalized spacial score (nSPS) is 10.9. The smallest absolute Gasteiger partial charge is 0.157 e. The van der Waals surface area contributed by atoms with Crippen LogP contribution in [0.1, 0.15) is 0 Å². The lowest BCUT2D eigenvalue weighted by Gasteiger charge is -1.99. The predicted octanol–water partition coefficient (Wildman–Crippen LogP) is 2.78. The lowest BCUT2D eigenvalue weighted by molar-refractivity contribution is 1.29. The number of nitrogens with zero attached hydrogens (tertiary/aromatic N) is 2. The van der Waals surface area contributed by atoms with Crippen LogP contribution in [0.15, 0.2) is 36.5 Å². The molecule has 3 rings (SSSR count). The largest absolute Gasteiger partial charge is 0.357 e. The Bertz CT molecular complexity index is 679. The average Bonchev–Trinajstić information content (AvgIpc) is 2.74. The van der Waals surface area contributed by atoms with Crippen LogP contribution in [0.4, 0.5) is 0 Å². The lowest BCUT2D eigenvalue weighted by Crippen LogP contribution is -2.03. The van der Waals surface area contributed by atoms with E-state index < -0.39 is 0 Å². The number of aromatic nitrogens is 3. The van der Waals surface area contributed by atoms with Crippen molar-refractivity contribution in [1.82, 2.24) is 15.0 Å². The number of hydrogen-bond acceptors (Lipinski definition) is 2. The summed E-state index contributed by atoms with van der Waals surface area (Å²) in [6.07, 6.45) is 1.91. The zero-order chi connectivity index (χ0) is 11.8. The second kappa shape index (κ2) is 4.10. The summed E-state index contributed by atoms with van der Waals surface area (Å²) in [6, 6.07) is 10.1. The highest BCUT2D eigenvalue weighted by Crippen LogP contribution is 2.28. The van der Waals surface area contributed by atoms with Crippen LogP contribution < -0.4 is 5.57 Å². The first-order valence-electron chi connectivity index (χ1n) is 5.11. The first-order valence-corrected chi connectivity index (χ1v) is 6.07. The molecule has 0 bridgehead atoms. The average molecular weight is 262 g/mol. The molecule has 0 saturated carbocycles. The molecule has 1 aromatic carbocycles. The molecular formula is C12H9ClN3P. The van der Waals surface area contributed by atoms with Gasteiger partial charge in [0.25, 0.3) is 0 Å². The first-order chi connectivity index (χ1) is 8.25. The van der Waals surface area contributed by atoms with Crippen LogP contribution in [0.5, 0.6) is 0 Å². The Morgan fingerprint density at radius 1 is 1.12 bits per heavy atom. The molecular weight excluding hydrogens is 253 g/mol. The van der Waals surface area contributed by atoms with E-state index in [1.165, 1.54) is 0 Å². The van der Waals surface area contributed by atoms with Crippen LogP contribution in [-0.2, 0) is 0 Å². The fourth-order valence-electron chi connectivity index (χ4n) is 1.82. The maximum absolute atomic E-state index is 6.07. The summed E-state index contributed by atoms with van der Waals surface area (Å²) >= 11 is 6.07. The minimum absolute atomic E-state index is 0.446. The number of nitrogens with one attached hydrogen (secondary N) is 1. The fourth-order valence-corrected chi connectivity index (χ4v) is 2.39. The van der Waals surface area contributed by atoms with Crippen molar-refractivity contribution in [3.63, 3.8) is 0 Å². The predicted molar refractivity (Wildman–Crippen MR) is 73.7 cm³/mol. The second-order valence-electron chi connectivity index (χ2n) is 3.66. The minimum atomic E-state index is 0.446. The van der Waals surface area contributed by atoms with Gasteiger partial charge >= 0.3 is 0 Å². The van der Waals surface area contributed by atoms with Gasteiger partial charge in [0.15, 0.2) is 5.15 Å². The number of H-pyrrole nitrogens is 1. The van der Waals surface area contributed by atoms with Gasteiger partial charge in [-0.05, 0) is 5.56 Å². The molecule has 0 fully saturated rings. The van der Waals surface area contributed by atoms with Crippen molar-refractivity contribution in [3.05, 3.63) is 41.7 Å². The van der Waals surface area contributed by atoms with Crippen LogP contribution in [0, 0.1) is 0 Å². The van der Waals surface area contributed by atoms with Gasteiger partial charge < -0.3 is 4.98 Å². The maximum Gasteiger partial charge on any atom is 0.157 e. The van der Waals surface area contributed by atoms with Crippen molar-refractivity contribution in [2.24, 2.45) is 0 Å².